The van der Waals surface area contributed by atoms with Crippen LogP contribution in [0.5, 0.6) is 0 Å². The van der Waals surface area contributed by atoms with Crippen molar-refractivity contribution in [3.63, 3.8) is 0 Å². The third kappa shape index (κ3) is 2.41. The molecule has 0 bridgehead atoms. The quantitative estimate of drug-likeness (QED) is 0.849. The van der Waals surface area contributed by atoms with Crippen LogP contribution in [0.2, 0.25) is 0 Å². The number of amides is 3. The van der Waals surface area contributed by atoms with E-state index in [2.05, 4.69) is 5.32 Å². The van der Waals surface area contributed by atoms with Crippen LogP contribution in [0.3, 0.4) is 0 Å². The maximum Gasteiger partial charge on any atom is 0.327 e. The lowest BCUT2D eigenvalue weighted by Crippen LogP contribution is -2.49. The highest BCUT2D eigenvalue weighted by Gasteiger charge is 2.47. The van der Waals surface area contributed by atoms with Crippen molar-refractivity contribution >= 4 is 11.9 Å². The van der Waals surface area contributed by atoms with E-state index in [9.17, 15) is 9.59 Å². The van der Waals surface area contributed by atoms with Gasteiger partial charge >= 0.3 is 6.03 Å². The number of carbonyl (C=O) groups excluding carboxylic acids is 2. The molecule has 116 valence electrons. The van der Waals surface area contributed by atoms with Crippen molar-refractivity contribution < 1.29 is 9.59 Å². The molecule has 3 rings (SSSR count). The van der Waals surface area contributed by atoms with Gasteiger partial charge < -0.3 is 10.2 Å². The molecule has 2 heterocycles. The Morgan fingerprint density at radius 3 is 2.59 bits per heavy atom. The van der Waals surface area contributed by atoms with Gasteiger partial charge in [-0.15, -0.1) is 0 Å². The summed E-state index contributed by atoms with van der Waals surface area (Å²) in [7, 11) is 1.75. The van der Waals surface area contributed by atoms with E-state index in [1.165, 1.54) is 4.90 Å². The van der Waals surface area contributed by atoms with Gasteiger partial charge in [0.25, 0.3) is 0 Å². The normalized spacial score (nSPS) is 28.3. The summed E-state index contributed by atoms with van der Waals surface area (Å²) in [6.45, 7) is 2.65. The number of imide groups is 1. The summed E-state index contributed by atoms with van der Waals surface area (Å²) >= 11 is 0. The zero-order chi connectivity index (χ0) is 15.7. The standard InChI is InChI=1S/C17H21N3O2/c1-12-15(13-8-4-3-5-9-13)20(17(22)19(12)2)16(21)14-10-6-7-11-18-14/h3-9,12,14-15,18H,10-11H2,1-2H3/t12-,14-,15-/m0/s1. The van der Waals surface area contributed by atoms with Gasteiger partial charge in [0.2, 0.25) is 5.91 Å². The zero-order valence-electron chi connectivity index (χ0n) is 12.9. The summed E-state index contributed by atoms with van der Waals surface area (Å²) in [5.41, 5.74) is 0.993. The van der Waals surface area contributed by atoms with Gasteiger partial charge in [-0.25, -0.2) is 4.79 Å². The third-order valence-electron chi connectivity index (χ3n) is 4.55. The minimum atomic E-state index is -0.320. The molecule has 1 saturated heterocycles. The maximum absolute atomic E-state index is 12.9. The average molecular weight is 299 g/mol. The lowest BCUT2D eigenvalue weighted by atomic mass is 9.99. The Kier molecular flexibility index (Phi) is 3.98. The predicted octanol–water partition coefficient (Wildman–Crippen LogP) is 1.93. The molecule has 5 nitrogen and oxygen atoms in total. The first kappa shape index (κ1) is 14.8. The van der Waals surface area contributed by atoms with Gasteiger partial charge in [0.1, 0.15) is 0 Å². The van der Waals surface area contributed by atoms with Crippen molar-refractivity contribution in [2.45, 2.75) is 31.5 Å². The zero-order valence-corrected chi connectivity index (χ0v) is 12.9. The van der Waals surface area contributed by atoms with Gasteiger partial charge in [-0.1, -0.05) is 42.5 Å². The maximum atomic E-state index is 12.9. The summed E-state index contributed by atoms with van der Waals surface area (Å²) in [6.07, 6.45) is 4.62. The number of likely N-dealkylation sites (N-methyl/N-ethyl adjacent to an activating group) is 1. The molecule has 1 aromatic rings. The smallest absolute Gasteiger partial charge is 0.322 e. The van der Waals surface area contributed by atoms with Gasteiger partial charge in [0.05, 0.1) is 18.1 Å². The van der Waals surface area contributed by atoms with Crippen molar-refractivity contribution in [2.75, 3.05) is 13.6 Å². The molecule has 2 aliphatic heterocycles. The van der Waals surface area contributed by atoms with Crippen molar-refractivity contribution in [3.05, 3.63) is 48.0 Å². The Morgan fingerprint density at radius 1 is 1.23 bits per heavy atom. The van der Waals surface area contributed by atoms with Crippen LogP contribution >= 0.6 is 0 Å². The summed E-state index contributed by atoms with van der Waals surface area (Å²) in [5.74, 6) is -0.139. The highest BCUT2D eigenvalue weighted by atomic mass is 16.2. The Bertz CT molecular complexity index is 599. The van der Waals surface area contributed by atoms with Gasteiger partial charge in [-0.2, -0.15) is 0 Å². The third-order valence-corrected chi connectivity index (χ3v) is 4.55. The second-order valence-corrected chi connectivity index (χ2v) is 5.87. The van der Waals surface area contributed by atoms with Crippen LogP contribution in [0.4, 0.5) is 4.79 Å². The molecular formula is C17H21N3O2. The van der Waals surface area contributed by atoms with E-state index in [1.54, 1.807) is 11.9 Å². The van der Waals surface area contributed by atoms with Crippen molar-refractivity contribution in [1.82, 2.24) is 15.1 Å². The molecule has 1 aromatic carbocycles. The van der Waals surface area contributed by atoms with Crippen LogP contribution in [0, 0.1) is 0 Å². The summed E-state index contributed by atoms with van der Waals surface area (Å²) in [4.78, 5) is 28.5. The van der Waals surface area contributed by atoms with E-state index in [-0.39, 0.29) is 30.1 Å². The number of carbonyl (C=O) groups is 2. The SMILES string of the molecule is C[C@H]1[C@@H](c2ccccc2)N(C(=O)[C@@H]2CC=CCN2)C(=O)N1C. The van der Waals surface area contributed by atoms with E-state index in [4.69, 9.17) is 0 Å². The number of urea groups is 1. The first-order chi connectivity index (χ1) is 10.6. The molecule has 0 aliphatic carbocycles. The minimum Gasteiger partial charge on any atom is -0.322 e. The summed E-state index contributed by atoms with van der Waals surface area (Å²) in [5, 5.41) is 3.17. The number of benzene rings is 1. The average Bonchev–Trinajstić information content (AvgIpc) is 2.80. The number of nitrogens with one attached hydrogen (secondary N) is 1. The largest absolute Gasteiger partial charge is 0.327 e. The molecule has 1 N–H and O–H groups in total. The van der Waals surface area contributed by atoms with E-state index in [0.717, 1.165) is 5.56 Å². The second kappa shape index (κ2) is 5.93. The van der Waals surface area contributed by atoms with E-state index in [1.807, 2.05) is 49.4 Å². The fourth-order valence-electron chi connectivity index (χ4n) is 3.17. The van der Waals surface area contributed by atoms with Crippen LogP contribution in [0.15, 0.2) is 42.5 Å². The fourth-order valence-corrected chi connectivity index (χ4v) is 3.17. The van der Waals surface area contributed by atoms with Gasteiger partial charge in [-0.05, 0) is 18.9 Å². The van der Waals surface area contributed by atoms with Crippen molar-refractivity contribution in [2.24, 2.45) is 0 Å². The number of hydrogen-bond donors (Lipinski definition) is 1. The Labute approximate surface area is 130 Å². The fraction of sp³-hybridized carbons (Fsp3) is 0.412. The van der Waals surface area contributed by atoms with Gasteiger partial charge in [-0.3, -0.25) is 9.69 Å². The Hall–Kier alpha value is -2.14. The second-order valence-electron chi connectivity index (χ2n) is 5.87. The highest BCUT2D eigenvalue weighted by Crippen LogP contribution is 2.35. The summed E-state index contributed by atoms with van der Waals surface area (Å²) < 4.78 is 0. The molecule has 0 spiro atoms. The van der Waals surface area contributed by atoms with E-state index >= 15 is 0 Å². The molecular weight excluding hydrogens is 278 g/mol. The van der Waals surface area contributed by atoms with E-state index < -0.39 is 0 Å². The Balaban J connectivity index is 1.93. The molecule has 22 heavy (non-hydrogen) atoms. The molecule has 0 saturated carbocycles. The van der Waals surface area contributed by atoms with Crippen molar-refractivity contribution in [3.8, 4) is 0 Å². The monoisotopic (exact) mass is 299 g/mol. The number of hydrogen-bond acceptors (Lipinski definition) is 3. The Morgan fingerprint density at radius 2 is 1.95 bits per heavy atom. The van der Waals surface area contributed by atoms with Crippen LogP contribution in [0.25, 0.3) is 0 Å². The number of rotatable bonds is 2. The molecule has 2 aliphatic rings. The highest BCUT2D eigenvalue weighted by molar-refractivity contribution is 5.99. The molecule has 3 amide bonds. The molecule has 0 aromatic heterocycles. The minimum absolute atomic E-state index is 0.0435. The molecule has 1 fully saturated rings. The first-order valence-electron chi connectivity index (χ1n) is 7.64. The first-order valence-corrected chi connectivity index (χ1v) is 7.64. The van der Waals surface area contributed by atoms with Gasteiger partial charge in [0.15, 0.2) is 0 Å². The number of nitrogens with zero attached hydrogens (tertiary/aromatic N) is 2. The van der Waals surface area contributed by atoms with E-state index in [0.29, 0.717) is 13.0 Å². The molecule has 0 unspecified atom stereocenters. The topological polar surface area (TPSA) is 52.7 Å². The van der Waals surface area contributed by atoms with Crippen LogP contribution in [-0.4, -0.2) is 47.4 Å². The van der Waals surface area contributed by atoms with Crippen molar-refractivity contribution in [1.29, 1.82) is 0 Å². The molecule has 3 atom stereocenters. The molecule has 0 radical (unpaired) electrons. The van der Waals surface area contributed by atoms with Gasteiger partial charge in [0, 0.05) is 13.6 Å². The van der Waals surface area contributed by atoms with Crippen LogP contribution in [-0.2, 0) is 4.79 Å². The van der Waals surface area contributed by atoms with Crippen LogP contribution in [0.1, 0.15) is 24.9 Å². The lowest BCUT2D eigenvalue weighted by molar-refractivity contribution is -0.131. The van der Waals surface area contributed by atoms with Crippen LogP contribution < -0.4 is 5.32 Å². The predicted molar refractivity (Wildman–Crippen MR) is 84.2 cm³/mol. The molecule has 5 heteroatoms. The lowest BCUT2D eigenvalue weighted by Gasteiger charge is -2.28. The summed E-state index contributed by atoms with van der Waals surface area (Å²) in [6, 6.07) is 8.95.